The fourth-order valence-corrected chi connectivity index (χ4v) is 2.33. The fourth-order valence-electron chi connectivity index (χ4n) is 2.33. The maximum absolute atomic E-state index is 13.6. The number of nitrogens with zero attached hydrogens (tertiary/aromatic N) is 1. The van der Waals surface area contributed by atoms with Crippen LogP contribution in [0.4, 0.5) is 8.78 Å². The number of halogens is 2. The molecular weight excluding hydrogens is 274 g/mol. The lowest BCUT2D eigenvalue weighted by Crippen LogP contribution is -2.30. The molecule has 0 saturated heterocycles. The molecule has 5 heteroatoms. The van der Waals surface area contributed by atoms with E-state index in [1.54, 1.807) is 7.05 Å². The van der Waals surface area contributed by atoms with Gasteiger partial charge in [0, 0.05) is 31.6 Å². The van der Waals surface area contributed by atoms with Crippen LogP contribution in [0.15, 0.2) is 18.2 Å². The Morgan fingerprint density at radius 3 is 2.52 bits per heavy atom. The summed E-state index contributed by atoms with van der Waals surface area (Å²) >= 11 is 0. The van der Waals surface area contributed by atoms with Crippen molar-refractivity contribution in [3.8, 4) is 0 Å². The Kier molecular flexibility index (Phi) is 6.75. The second-order valence-electron chi connectivity index (χ2n) is 5.92. The van der Waals surface area contributed by atoms with Gasteiger partial charge in [0.1, 0.15) is 11.6 Å². The number of rotatable bonds is 7. The molecule has 118 valence electrons. The molecule has 1 atom stereocenters. The van der Waals surface area contributed by atoms with Gasteiger partial charge in [0.25, 0.3) is 0 Å². The molecule has 1 aromatic carbocycles. The van der Waals surface area contributed by atoms with E-state index in [1.807, 2.05) is 0 Å². The van der Waals surface area contributed by atoms with Crippen LogP contribution in [-0.2, 0) is 11.3 Å². The van der Waals surface area contributed by atoms with Crippen molar-refractivity contribution in [2.45, 2.75) is 33.2 Å². The molecule has 1 aromatic rings. The smallest absolute Gasteiger partial charge is 0.222 e. The van der Waals surface area contributed by atoms with E-state index < -0.39 is 11.6 Å². The van der Waals surface area contributed by atoms with Crippen molar-refractivity contribution in [2.24, 2.45) is 17.6 Å². The molecule has 0 aromatic heterocycles. The van der Waals surface area contributed by atoms with E-state index >= 15 is 0 Å². The Hall–Kier alpha value is -1.49. The van der Waals surface area contributed by atoms with Crippen molar-refractivity contribution in [2.75, 3.05) is 13.6 Å². The van der Waals surface area contributed by atoms with E-state index in [2.05, 4.69) is 13.8 Å². The molecule has 0 aliphatic rings. The molecule has 2 N–H and O–H groups in total. The van der Waals surface area contributed by atoms with Gasteiger partial charge in [-0.15, -0.1) is 0 Å². The van der Waals surface area contributed by atoms with E-state index in [0.29, 0.717) is 24.4 Å². The molecule has 0 fully saturated rings. The minimum Gasteiger partial charge on any atom is -0.341 e. The summed E-state index contributed by atoms with van der Waals surface area (Å²) in [6.45, 7) is 4.77. The van der Waals surface area contributed by atoms with Crippen LogP contribution < -0.4 is 5.73 Å². The molecule has 0 bridgehead atoms. The van der Waals surface area contributed by atoms with Crippen LogP contribution in [0.3, 0.4) is 0 Å². The quantitative estimate of drug-likeness (QED) is 0.841. The summed E-state index contributed by atoms with van der Waals surface area (Å²) < 4.78 is 26.4. The number of carbonyl (C=O) groups excluding carboxylic acids is 1. The van der Waals surface area contributed by atoms with Gasteiger partial charge in [-0.1, -0.05) is 19.9 Å². The second kappa shape index (κ2) is 8.08. The zero-order valence-electron chi connectivity index (χ0n) is 12.9. The van der Waals surface area contributed by atoms with Gasteiger partial charge in [0.2, 0.25) is 5.91 Å². The van der Waals surface area contributed by atoms with Gasteiger partial charge < -0.3 is 10.6 Å². The number of benzene rings is 1. The van der Waals surface area contributed by atoms with Crippen LogP contribution in [0.2, 0.25) is 0 Å². The van der Waals surface area contributed by atoms with Crippen molar-refractivity contribution in [1.29, 1.82) is 0 Å². The van der Waals surface area contributed by atoms with E-state index in [4.69, 9.17) is 5.73 Å². The predicted molar refractivity (Wildman–Crippen MR) is 79.4 cm³/mol. The first-order valence-corrected chi connectivity index (χ1v) is 7.21. The molecular formula is C16H24F2N2O. The topological polar surface area (TPSA) is 46.3 Å². The minimum absolute atomic E-state index is 0.0742. The van der Waals surface area contributed by atoms with Crippen molar-refractivity contribution < 1.29 is 13.6 Å². The van der Waals surface area contributed by atoms with Gasteiger partial charge in [-0.2, -0.15) is 0 Å². The Morgan fingerprint density at radius 1 is 1.33 bits per heavy atom. The maximum atomic E-state index is 13.6. The van der Waals surface area contributed by atoms with Crippen molar-refractivity contribution in [3.63, 3.8) is 0 Å². The summed E-state index contributed by atoms with van der Waals surface area (Å²) in [6.07, 6.45) is 1.25. The first-order chi connectivity index (χ1) is 9.83. The van der Waals surface area contributed by atoms with E-state index in [1.165, 1.54) is 17.0 Å². The monoisotopic (exact) mass is 298 g/mol. The summed E-state index contributed by atoms with van der Waals surface area (Å²) in [4.78, 5) is 13.6. The highest BCUT2D eigenvalue weighted by Crippen LogP contribution is 2.17. The largest absolute Gasteiger partial charge is 0.341 e. The van der Waals surface area contributed by atoms with Crippen LogP contribution in [0.25, 0.3) is 0 Å². The lowest BCUT2D eigenvalue weighted by Gasteiger charge is -2.22. The normalized spacial score (nSPS) is 12.5. The molecule has 0 saturated carbocycles. The van der Waals surface area contributed by atoms with Gasteiger partial charge in [-0.25, -0.2) is 8.78 Å². The highest BCUT2D eigenvalue weighted by Gasteiger charge is 2.18. The Morgan fingerprint density at radius 2 is 2.00 bits per heavy atom. The zero-order valence-corrected chi connectivity index (χ0v) is 12.9. The number of hydrogen-bond donors (Lipinski definition) is 1. The van der Waals surface area contributed by atoms with Crippen LogP contribution in [0.5, 0.6) is 0 Å². The van der Waals surface area contributed by atoms with E-state index in [0.717, 1.165) is 12.5 Å². The molecule has 1 unspecified atom stereocenters. The molecule has 0 spiro atoms. The Bertz CT molecular complexity index is 477. The summed E-state index contributed by atoms with van der Waals surface area (Å²) in [6, 6.07) is 3.39. The number of hydrogen-bond acceptors (Lipinski definition) is 2. The Balaban J connectivity index is 2.61. The highest BCUT2D eigenvalue weighted by molar-refractivity contribution is 5.76. The third kappa shape index (κ3) is 5.79. The molecule has 0 aliphatic heterocycles. The first kappa shape index (κ1) is 17.6. The molecule has 1 amide bonds. The molecule has 0 aliphatic carbocycles. The van der Waals surface area contributed by atoms with E-state index in [9.17, 15) is 13.6 Å². The van der Waals surface area contributed by atoms with Crippen molar-refractivity contribution in [3.05, 3.63) is 35.4 Å². The number of amides is 1. The van der Waals surface area contributed by atoms with Gasteiger partial charge in [-0.05, 0) is 30.9 Å². The Labute approximate surface area is 125 Å². The molecule has 0 heterocycles. The van der Waals surface area contributed by atoms with Gasteiger partial charge in [0.05, 0.1) is 0 Å². The fraction of sp³-hybridized carbons (Fsp3) is 0.562. The average molecular weight is 298 g/mol. The third-order valence-corrected chi connectivity index (χ3v) is 3.45. The van der Waals surface area contributed by atoms with E-state index in [-0.39, 0.29) is 18.4 Å². The average Bonchev–Trinajstić information content (AvgIpc) is 2.40. The van der Waals surface area contributed by atoms with Crippen LogP contribution in [0, 0.1) is 23.5 Å². The summed E-state index contributed by atoms with van der Waals surface area (Å²) in [5.74, 6) is -0.711. The summed E-state index contributed by atoms with van der Waals surface area (Å²) in [5, 5.41) is 0. The standard InChI is InChI=1S/C16H24F2N2O/c1-11(2)6-12(9-19)7-16(21)20(3)10-13-4-5-14(17)8-15(13)18/h4-5,8,11-12H,6-7,9-10,19H2,1-3H3. The van der Waals surface area contributed by atoms with Crippen molar-refractivity contribution in [1.82, 2.24) is 4.90 Å². The minimum atomic E-state index is -0.632. The van der Waals surface area contributed by atoms with Crippen LogP contribution >= 0.6 is 0 Å². The third-order valence-electron chi connectivity index (χ3n) is 3.45. The van der Waals surface area contributed by atoms with Gasteiger partial charge in [0.15, 0.2) is 0 Å². The summed E-state index contributed by atoms with van der Waals surface area (Å²) in [5.41, 5.74) is 6.00. The lowest BCUT2D eigenvalue weighted by molar-refractivity contribution is -0.131. The van der Waals surface area contributed by atoms with Crippen molar-refractivity contribution >= 4 is 5.91 Å². The van der Waals surface area contributed by atoms with Gasteiger partial charge in [-0.3, -0.25) is 4.79 Å². The predicted octanol–water partition coefficient (Wildman–Crippen LogP) is 2.93. The zero-order chi connectivity index (χ0) is 16.0. The second-order valence-corrected chi connectivity index (χ2v) is 5.92. The highest BCUT2D eigenvalue weighted by atomic mass is 19.1. The number of carbonyl (C=O) groups is 1. The summed E-state index contributed by atoms with van der Waals surface area (Å²) in [7, 11) is 1.62. The molecule has 1 rings (SSSR count). The van der Waals surface area contributed by atoms with Crippen LogP contribution in [-0.4, -0.2) is 24.4 Å². The molecule has 3 nitrogen and oxygen atoms in total. The maximum Gasteiger partial charge on any atom is 0.222 e. The number of nitrogens with two attached hydrogens (primary N) is 1. The SMILES string of the molecule is CC(C)CC(CN)CC(=O)N(C)Cc1ccc(F)cc1F. The van der Waals surface area contributed by atoms with Crippen LogP contribution in [0.1, 0.15) is 32.3 Å². The molecule has 0 radical (unpaired) electrons. The first-order valence-electron chi connectivity index (χ1n) is 7.21. The van der Waals surface area contributed by atoms with Gasteiger partial charge >= 0.3 is 0 Å². The molecule has 21 heavy (non-hydrogen) atoms. The lowest BCUT2D eigenvalue weighted by atomic mass is 9.94.